The maximum Gasteiger partial charge on any atom is 0.265 e. The molecule has 1 aromatic carbocycles. The number of amides is 2. The van der Waals surface area contributed by atoms with Gasteiger partial charge >= 0.3 is 0 Å². The molecule has 4 aromatic rings. The molecule has 0 saturated carbocycles. The van der Waals surface area contributed by atoms with Gasteiger partial charge in [-0.2, -0.15) is 5.10 Å². The van der Waals surface area contributed by atoms with Crippen LogP contribution in [0.3, 0.4) is 0 Å². The summed E-state index contributed by atoms with van der Waals surface area (Å²) in [5.41, 5.74) is 2.11. The van der Waals surface area contributed by atoms with E-state index in [1.807, 2.05) is 12.1 Å². The van der Waals surface area contributed by atoms with Gasteiger partial charge in [0.05, 0.1) is 22.0 Å². The molecule has 2 N–H and O–H groups in total. The number of aromatic nitrogens is 4. The Balaban J connectivity index is 1.36. The van der Waals surface area contributed by atoms with Crippen molar-refractivity contribution >= 4 is 28.8 Å². The fraction of sp³-hybridized carbons (Fsp3) is 0.105. The third-order valence-corrected chi connectivity index (χ3v) is 5.05. The molecular weight excluding hydrogens is 392 g/mol. The van der Waals surface area contributed by atoms with E-state index in [1.54, 1.807) is 48.3 Å². The van der Waals surface area contributed by atoms with E-state index in [2.05, 4.69) is 25.9 Å². The van der Waals surface area contributed by atoms with E-state index in [1.165, 1.54) is 6.33 Å². The van der Waals surface area contributed by atoms with Crippen LogP contribution in [0.15, 0.2) is 59.6 Å². The molecule has 3 heterocycles. The number of hydrogen-bond acceptors (Lipinski definition) is 7. The van der Waals surface area contributed by atoms with Crippen LogP contribution >= 0.6 is 11.3 Å². The lowest BCUT2D eigenvalue weighted by molar-refractivity contribution is 0.0953. The molecule has 2 amide bonds. The third-order valence-electron chi connectivity index (χ3n) is 3.97. The van der Waals surface area contributed by atoms with Gasteiger partial charge in [-0.05, 0) is 43.3 Å². The van der Waals surface area contributed by atoms with Crippen LogP contribution in [0.2, 0.25) is 0 Å². The molecule has 0 unspecified atom stereocenters. The molecule has 3 aromatic heterocycles. The summed E-state index contributed by atoms with van der Waals surface area (Å²) in [4.78, 5) is 29.5. The van der Waals surface area contributed by atoms with Crippen molar-refractivity contribution < 1.29 is 14.1 Å². The van der Waals surface area contributed by atoms with Crippen molar-refractivity contribution in [2.24, 2.45) is 0 Å². The first-order valence-electron chi connectivity index (χ1n) is 8.65. The second-order valence-corrected chi connectivity index (χ2v) is 7.20. The Hall–Kier alpha value is -3.79. The minimum Gasteiger partial charge on any atom is -0.361 e. The van der Waals surface area contributed by atoms with Crippen LogP contribution in [0.4, 0.5) is 5.69 Å². The molecule has 0 spiro atoms. The summed E-state index contributed by atoms with van der Waals surface area (Å²) in [5.74, 6) is 0.125. The molecular formula is C19H16N6O3S. The average Bonchev–Trinajstić information content (AvgIpc) is 3.48. The monoisotopic (exact) mass is 408 g/mol. The number of nitrogens with zero attached hydrogens (tertiary/aromatic N) is 4. The number of carbonyl (C=O) groups is 2. The minimum atomic E-state index is -0.283. The first-order chi connectivity index (χ1) is 14.1. The molecule has 4 rings (SSSR count). The summed E-state index contributed by atoms with van der Waals surface area (Å²) in [6.07, 6.45) is 3.04. The van der Waals surface area contributed by atoms with Crippen LogP contribution in [-0.4, -0.2) is 31.7 Å². The van der Waals surface area contributed by atoms with Crippen LogP contribution < -0.4 is 10.6 Å². The van der Waals surface area contributed by atoms with E-state index in [4.69, 9.17) is 4.52 Å². The highest BCUT2D eigenvalue weighted by molar-refractivity contribution is 7.16. The first-order valence-corrected chi connectivity index (χ1v) is 9.47. The van der Waals surface area contributed by atoms with Crippen LogP contribution in [0.5, 0.6) is 0 Å². The number of aryl methyl sites for hydroxylation is 1. The van der Waals surface area contributed by atoms with Gasteiger partial charge in [0.25, 0.3) is 11.8 Å². The van der Waals surface area contributed by atoms with Gasteiger partial charge in [-0.1, -0.05) is 5.16 Å². The molecule has 0 aliphatic rings. The molecule has 0 atom stereocenters. The summed E-state index contributed by atoms with van der Waals surface area (Å²) in [5, 5.41) is 13.4. The summed E-state index contributed by atoms with van der Waals surface area (Å²) in [6, 6.07) is 12.2. The quantitative estimate of drug-likeness (QED) is 0.507. The van der Waals surface area contributed by atoms with Gasteiger partial charge in [0.15, 0.2) is 0 Å². The molecule has 10 heteroatoms. The van der Waals surface area contributed by atoms with Crippen molar-refractivity contribution in [2.45, 2.75) is 13.5 Å². The Morgan fingerprint density at radius 3 is 2.52 bits per heavy atom. The predicted molar refractivity (Wildman–Crippen MR) is 106 cm³/mol. The maximum atomic E-state index is 12.5. The smallest absolute Gasteiger partial charge is 0.265 e. The third kappa shape index (κ3) is 4.38. The Morgan fingerprint density at radius 1 is 1.10 bits per heavy atom. The van der Waals surface area contributed by atoms with Gasteiger partial charge in [0, 0.05) is 11.8 Å². The molecule has 0 radical (unpaired) electrons. The zero-order valence-corrected chi connectivity index (χ0v) is 16.1. The van der Waals surface area contributed by atoms with Gasteiger partial charge in [-0.15, -0.1) is 11.3 Å². The topological polar surface area (TPSA) is 115 Å². The zero-order valence-electron chi connectivity index (χ0n) is 15.3. The first kappa shape index (κ1) is 18.6. The highest BCUT2D eigenvalue weighted by atomic mass is 32.1. The molecule has 0 aliphatic carbocycles. The SMILES string of the molecule is Cc1cc(CNC(=O)c2ccc(C(=O)Nc3ccc(-n4cncn4)cc3)s2)no1. The number of anilines is 1. The fourth-order valence-corrected chi connectivity index (χ4v) is 3.39. The molecule has 0 aliphatic heterocycles. The van der Waals surface area contributed by atoms with Crippen LogP contribution in [-0.2, 0) is 6.54 Å². The van der Waals surface area contributed by atoms with Gasteiger partial charge < -0.3 is 15.2 Å². The number of rotatable bonds is 6. The van der Waals surface area contributed by atoms with Gasteiger partial charge in [0.2, 0.25) is 0 Å². The van der Waals surface area contributed by atoms with Crippen LogP contribution in [0.1, 0.15) is 30.8 Å². The second-order valence-electron chi connectivity index (χ2n) is 6.12. The van der Waals surface area contributed by atoms with E-state index < -0.39 is 0 Å². The van der Waals surface area contributed by atoms with Gasteiger partial charge in [-0.3, -0.25) is 9.59 Å². The van der Waals surface area contributed by atoms with Gasteiger partial charge in [0.1, 0.15) is 24.1 Å². The number of carbonyl (C=O) groups excluding carboxylic acids is 2. The van der Waals surface area contributed by atoms with Crippen molar-refractivity contribution in [3.05, 3.63) is 76.3 Å². The lowest BCUT2D eigenvalue weighted by Gasteiger charge is -2.05. The lowest BCUT2D eigenvalue weighted by Crippen LogP contribution is -2.21. The summed E-state index contributed by atoms with van der Waals surface area (Å²) < 4.78 is 6.58. The van der Waals surface area contributed by atoms with Gasteiger partial charge in [-0.25, -0.2) is 9.67 Å². The largest absolute Gasteiger partial charge is 0.361 e. The molecule has 29 heavy (non-hydrogen) atoms. The lowest BCUT2D eigenvalue weighted by atomic mass is 10.2. The van der Waals surface area contributed by atoms with E-state index >= 15 is 0 Å². The Bertz CT molecular complexity index is 1130. The highest BCUT2D eigenvalue weighted by Gasteiger charge is 2.14. The van der Waals surface area contributed by atoms with Crippen molar-refractivity contribution in [1.82, 2.24) is 25.2 Å². The molecule has 0 fully saturated rings. The fourth-order valence-electron chi connectivity index (χ4n) is 2.57. The molecule has 146 valence electrons. The number of thiophene rings is 1. The standard InChI is InChI=1S/C19H16N6O3S/c1-12-8-14(24-28-12)9-21-18(26)16-6-7-17(29-16)19(27)23-13-2-4-15(5-3-13)25-11-20-10-22-25/h2-8,10-11H,9H2,1H3,(H,21,26)(H,23,27). The number of nitrogens with one attached hydrogen (secondary N) is 2. The summed E-state index contributed by atoms with van der Waals surface area (Å²) >= 11 is 1.12. The highest BCUT2D eigenvalue weighted by Crippen LogP contribution is 2.19. The van der Waals surface area contributed by atoms with Crippen molar-refractivity contribution in [1.29, 1.82) is 0 Å². The van der Waals surface area contributed by atoms with E-state index in [0.717, 1.165) is 17.0 Å². The Kier molecular flexibility index (Phi) is 5.16. The second kappa shape index (κ2) is 8.07. The van der Waals surface area contributed by atoms with Crippen LogP contribution in [0.25, 0.3) is 5.69 Å². The van der Waals surface area contributed by atoms with Crippen molar-refractivity contribution in [3.63, 3.8) is 0 Å². The molecule has 0 saturated heterocycles. The van der Waals surface area contributed by atoms with Crippen LogP contribution in [0, 0.1) is 6.92 Å². The zero-order chi connectivity index (χ0) is 20.2. The van der Waals surface area contributed by atoms with Crippen molar-refractivity contribution in [3.8, 4) is 5.69 Å². The summed E-state index contributed by atoms with van der Waals surface area (Å²) in [7, 11) is 0. The van der Waals surface area contributed by atoms with E-state index in [-0.39, 0.29) is 18.4 Å². The molecule has 9 nitrogen and oxygen atoms in total. The molecule has 0 bridgehead atoms. The Labute approximate surface area is 169 Å². The van der Waals surface area contributed by atoms with E-state index in [0.29, 0.717) is 26.9 Å². The Morgan fingerprint density at radius 2 is 1.86 bits per heavy atom. The maximum absolute atomic E-state index is 12.5. The number of benzene rings is 1. The minimum absolute atomic E-state index is 0.258. The van der Waals surface area contributed by atoms with E-state index in [9.17, 15) is 9.59 Å². The summed E-state index contributed by atoms with van der Waals surface area (Å²) in [6.45, 7) is 2.04. The van der Waals surface area contributed by atoms with Crippen molar-refractivity contribution in [2.75, 3.05) is 5.32 Å². The average molecular weight is 408 g/mol. The number of hydrogen-bond donors (Lipinski definition) is 2. The predicted octanol–water partition coefficient (Wildman–Crippen LogP) is 2.81. The normalized spacial score (nSPS) is 10.7.